The molecule has 1 aliphatic carbocycles. The van der Waals surface area contributed by atoms with Gasteiger partial charge in [0.25, 0.3) is 0 Å². The second kappa shape index (κ2) is 9.74. The van der Waals surface area contributed by atoms with E-state index >= 15 is 0 Å². The number of nitrogens with zero attached hydrogens (tertiary/aromatic N) is 4. The van der Waals surface area contributed by atoms with Crippen LogP contribution < -0.4 is 16.0 Å². The van der Waals surface area contributed by atoms with Crippen LogP contribution in [0.2, 0.25) is 0 Å². The summed E-state index contributed by atoms with van der Waals surface area (Å²) in [6.45, 7) is 4.93. The number of nitrogen functional groups attached to an aromatic ring is 1. The SMILES string of the molecule is CC1CCC(NC(=O)C2CCC(C)N(c3cc(-c4ccc(C#N)c(F)c4)nc(N)n3)C2)CC1. The van der Waals surface area contributed by atoms with Gasteiger partial charge in [-0.3, -0.25) is 4.79 Å². The van der Waals surface area contributed by atoms with Crippen LogP contribution in [0.5, 0.6) is 0 Å². The zero-order valence-electron chi connectivity index (χ0n) is 19.2. The largest absolute Gasteiger partial charge is 0.368 e. The molecule has 0 spiro atoms. The first kappa shape index (κ1) is 23.0. The zero-order chi connectivity index (χ0) is 23.5. The predicted molar refractivity (Wildman–Crippen MR) is 126 cm³/mol. The fourth-order valence-corrected chi connectivity index (χ4v) is 4.88. The molecule has 2 unspecified atom stereocenters. The Morgan fingerprint density at radius 1 is 1.15 bits per heavy atom. The molecule has 2 atom stereocenters. The fraction of sp³-hybridized carbons (Fsp3) is 0.520. The van der Waals surface area contributed by atoms with Gasteiger partial charge in [-0.15, -0.1) is 0 Å². The van der Waals surface area contributed by atoms with Gasteiger partial charge < -0.3 is 16.0 Å². The van der Waals surface area contributed by atoms with E-state index in [0.29, 0.717) is 23.6 Å². The monoisotopic (exact) mass is 450 g/mol. The molecule has 2 aliphatic rings. The van der Waals surface area contributed by atoms with Gasteiger partial charge in [0.1, 0.15) is 17.7 Å². The Morgan fingerprint density at radius 3 is 2.61 bits per heavy atom. The summed E-state index contributed by atoms with van der Waals surface area (Å²) >= 11 is 0. The number of nitriles is 1. The highest BCUT2D eigenvalue weighted by Crippen LogP contribution is 2.31. The van der Waals surface area contributed by atoms with Crippen LogP contribution in [0.1, 0.15) is 57.9 Å². The molecule has 3 N–H and O–H groups in total. The van der Waals surface area contributed by atoms with E-state index in [9.17, 15) is 9.18 Å². The molecule has 7 nitrogen and oxygen atoms in total. The molecule has 1 amide bonds. The number of rotatable bonds is 4. The number of nitrogens with two attached hydrogens (primary N) is 1. The van der Waals surface area contributed by atoms with Crippen LogP contribution in [0.15, 0.2) is 24.3 Å². The molecule has 4 rings (SSSR count). The minimum absolute atomic E-state index is 0.0214. The molecule has 1 aliphatic heterocycles. The molecule has 1 aromatic carbocycles. The number of piperidine rings is 1. The lowest BCUT2D eigenvalue weighted by Crippen LogP contribution is -2.49. The van der Waals surface area contributed by atoms with Crippen LogP contribution in [0.25, 0.3) is 11.3 Å². The third-order valence-corrected chi connectivity index (χ3v) is 7.02. The minimum atomic E-state index is -0.603. The Morgan fingerprint density at radius 2 is 1.91 bits per heavy atom. The highest BCUT2D eigenvalue weighted by Gasteiger charge is 2.32. The molecule has 0 radical (unpaired) electrons. The molecule has 2 fully saturated rings. The summed E-state index contributed by atoms with van der Waals surface area (Å²) < 4.78 is 14.2. The van der Waals surface area contributed by atoms with Crippen LogP contribution in [-0.4, -0.2) is 34.5 Å². The van der Waals surface area contributed by atoms with Gasteiger partial charge in [-0.2, -0.15) is 10.2 Å². The van der Waals surface area contributed by atoms with Crippen molar-refractivity contribution in [1.29, 1.82) is 5.26 Å². The van der Waals surface area contributed by atoms with Crippen LogP contribution >= 0.6 is 0 Å². The number of carbonyl (C=O) groups excluding carboxylic acids is 1. The molecule has 33 heavy (non-hydrogen) atoms. The van der Waals surface area contributed by atoms with Gasteiger partial charge in [-0.05, 0) is 63.5 Å². The molecule has 0 bridgehead atoms. The molecule has 1 saturated carbocycles. The second-order valence-corrected chi connectivity index (χ2v) is 9.52. The van der Waals surface area contributed by atoms with Gasteiger partial charge in [0.15, 0.2) is 0 Å². The molecule has 2 aromatic rings. The normalized spacial score (nSPS) is 25.3. The average Bonchev–Trinajstić information content (AvgIpc) is 2.80. The number of benzene rings is 1. The van der Waals surface area contributed by atoms with E-state index in [-0.39, 0.29) is 35.4 Å². The summed E-state index contributed by atoms with van der Waals surface area (Å²) in [4.78, 5) is 23.8. The summed E-state index contributed by atoms with van der Waals surface area (Å²) in [7, 11) is 0. The van der Waals surface area contributed by atoms with Crippen molar-refractivity contribution in [2.45, 2.75) is 64.5 Å². The van der Waals surface area contributed by atoms with E-state index in [0.717, 1.165) is 44.4 Å². The Kier molecular flexibility index (Phi) is 6.77. The van der Waals surface area contributed by atoms with E-state index in [2.05, 4.69) is 34.0 Å². The molecule has 8 heteroatoms. The second-order valence-electron chi connectivity index (χ2n) is 9.52. The Bertz CT molecular complexity index is 1060. The molecule has 1 saturated heterocycles. The fourth-order valence-electron chi connectivity index (χ4n) is 4.88. The van der Waals surface area contributed by atoms with Crippen molar-refractivity contribution in [1.82, 2.24) is 15.3 Å². The standard InChI is InChI=1S/C25H31FN6O/c1-15-3-9-20(10-4-15)29-24(33)19-6-5-16(2)32(14-19)23-12-22(30-25(28)31-23)17-7-8-18(13-27)21(26)11-17/h7-8,11-12,15-16,19-20H,3-6,9-10,14H2,1-2H3,(H,29,33)(H2,28,30,31). The minimum Gasteiger partial charge on any atom is -0.368 e. The highest BCUT2D eigenvalue weighted by molar-refractivity contribution is 5.80. The summed E-state index contributed by atoms with van der Waals surface area (Å²) in [5, 5.41) is 12.2. The summed E-state index contributed by atoms with van der Waals surface area (Å²) in [5.41, 5.74) is 6.98. The lowest BCUT2D eigenvalue weighted by molar-refractivity contribution is -0.126. The number of halogens is 1. The summed E-state index contributed by atoms with van der Waals surface area (Å²) in [6.07, 6.45) is 6.13. The number of hydrogen-bond acceptors (Lipinski definition) is 6. The lowest BCUT2D eigenvalue weighted by atomic mass is 9.86. The van der Waals surface area contributed by atoms with Gasteiger partial charge in [0.2, 0.25) is 11.9 Å². The van der Waals surface area contributed by atoms with E-state index in [4.69, 9.17) is 11.0 Å². The topological polar surface area (TPSA) is 108 Å². The Labute approximate surface area is 194 Å². The maximum atomic E-state index is 14.2. The Balaban J connectivity index is 1.52. The van der Waals surface area contributed by atoms with Gasteiger partial charge in [-0.1, -0.05) is 13.0 Å². The van der Waals surface area contributed by atoms with Gasteiger partial charge in [0.05, 0.1) is 17.2 Å². The van der Waals surface area contributed by atoms with Crippen LogP contribution in [0, 0.1) is 29.0 Å². The van der Waals surface area contributed by atoms with Crippen molar-refractivity contribution in [2.24, 2.45) is 11.8 Å². The first-order valence-corrected chi connectivity index (χ1v) is 11.8. The quantitative estimate of drug-likeness (QED) is 0.728. The predicted octanol–water partition coefficient (Wildman–Crippen LogP) is 4.04. The number of carbonyl (C=O) groups is 1. The molecule has 2 heterocycles. The number of aromatic nitrogens is 2. The number of anilines is 2. The maximum Gasteiger partial charge on any atom is 0.225 e. The zero-order valence-corrected chi connectivity index (χ0v) is 19.2. The first-order chi connectivity index (χ1) is 15.8. The highest BCUT2D eigenvalue weighted by atomic mass is 19.1. The van der Waals surface area contributed by atoms with E-state index in [1.807, 2.05) is 6.07 Å². The first-order valence-electron chi connectivity index (χ1n) is 11.8. The van der Waals surface area contributed by atoms with E-state index in [1.54, 1.807) is 12.1 Å². The molecule has 174 valence electrons. The van der Waals surface area contributed by atoms with Crippen LogP contribution in [0.4, 0.5) is 16.2 Å². The van der Waals surface area contributed by atoms with Gasteiger partial charge in [-0.25, -0.2) is 9.37 Å². The van der Waals surface area contributed by atoms with Crippen LogP contribution in [-0.2, 0) is 4.79 Å². The van der Waals surface area contributed by atoms with Crippen molar-refractivity contribution >= 4 is 17.7 Å². The smallest absolute Gasteiger partial charge is 0.225 e. The maximum absolute atomic E-state index is 14.2. The summed E-state index contributed by atoms with van der Waals surface area (Å²) in [6, 6.07) is 8.41. The summed E-state index contributed by atoms with van der Waals surface area (Å²) in [5.74, 6) is 0.844. The van der Waals surface area contributed by atoms with Crippen molar-refractivity contribution in [3.8, 4) is 17.3 Å². The lowest BCUT2D eigenvalue weighted by Gasteiger charge is -2.39. The molecule has 1 aromatic heterocycles. The number of amides is 1. The van der Waals surface area contributed by atoms with E-state index in [1.165, 1.54) is 12.1 Å². The van der Waals surface area contributed by atoms with Crippen molar-refractivity contribution < 1.29 is 9.18 Å². The number of nitrogens with one attached hydrogen (secondary N) is 1. The van der Waals surface area contributed by atoms with E-state index < -0.39 is 5.82 Å². The molecular formula is C25H31FN6O. The third kappa shape index (κ3) is 5.24. The number of hydrogen-bond donors (Lipinski definition) is 2. The van der Waals surface area contributed by atoms with Crippen LogP contribution in [0.3, 0.4) is 0 Å². The average molecular weight is 451 g/mol. The van der Waals surface area contributed by atoms with Gasteiger partial charge in [0, 0.05) is 30.3 Å². The Hall–Kier alpha value is -3.21. The molecular weight excluding hydrogens is 419 g/mol. The van der Waals surface area contributed by atoms with Crippen molar-refractivity contribution in [3.05, 3.63) is 35.6 Å². The third-order valence-electron chi connectivity index (χ3n) is 7.02. The van der Waals surface area contributed by atoms with Crippen molar-refractivity contribution in [2.75, 3.05) is 17.2 Å². The van der Waals surface area contributed by atoms with Crippen molar-refractivity contribution in [3.63, 3.8) is 0 Å². The van der Waals surface area contributed by atoms with Gasteiger partial charge >= 0.3 is 0 Å².